The highest BCUT2D eigenvalue weighted by Crippen LogP contribution is 2.33. The van der Waals surface area contributed by atoms with E-state index in [-0.39, 0.29) is 18.9 Å². The molecule has 3 aliphatic rings. The molecule has 12 N–H and O–H groups in total. The van der Waals surface area contributed by atoms with Crippen molar-refractivity contribution in [1.82, 2.24) is 5.32 Å². The fourth-order valence-corrected chi connectivity index (χ4v) is 11.7. The molecule has 3 aliphatic heterocycles. The molecule has 3 heterocycles. The number of aliphatic hydroxyl groups is 11. The van der Waals surface area contributed by atoms with Gasteiger partial charge in [-0.25, -0.2) is 0 Å². The molecule has 3 saturated heterocycles. The Hall–Kier alpha value is -3.03. The minimum absolute atomic E-state index is 0.248. The average Bonchev–Trinajstić information content (AvgIpc) is 0.834. The Kier molecular flexibility index (Phi) is 48.9. The van der Waals surface area contributed by atoms with Gasteiger partial charge in [0, 0.05) is 6.42 Å². The number of carbonyl (C=O) groups is 1. The smallest absolute Gasteiger partial charge is 0.220 e. The number of hydrogen-bond acceptors (Lipinski definition) is 18. The monoisotopic (exact) mass is 1310 g/mol. The van der Waals surface area contributed by atoms with Gasteiger partial charge in [0.15, 0.2) is 18.9 Å². The highest BCUT2D eigenvalue weighted by molar-refractivity contribution is 5.76. The van der Waals surface area contributed by atoms with E-state index in [0.717, 1.165) is 116 Å². The van der Waals surface area contributed by atoms with Gasteiger partial charge in [0.25, 0.3) is 0 Å². The lowest BCUT2D eigenvalue weighted by Gasteiger charge is -2.48. The number of rotatable bonds is 54. The molecular weight excluding hydrogens is 1180 g/mol. The lowest BCUT2D eigenvalue weighted by Crippen LogP contribution is -2.66. The minimum atomic E-state index is -1.98. The van der Waals surface area contributed by atoms with Gasteiger partial charge in [0.1, 0.15) is 73.2 Å². The number of aliphatic hydroxyl groups excluding tert-OH is 11. The summed E-state index contributed by atoms with van der Waals surface area (Å²) in [6.07, 6.45) is 42.2. The number of carbonyl (C=O) groups excluding carboxylic acids is 1. The lowest BCUT2D eigenvalue weighted by atomic mass is 9.96. The van der Waals surface area contributed by atoms with Crippen molar-refractivity contribution in [3.05, 3.63) is 85.1 Å². The second-order valence-electron chi connectivity index (χ2n) is 25.3. The maximum atomic E-state index is 13.4. The molecule has 0 aliphatic carbocycles. The third-order valence-corrected chi connectivity index (χ3v) is 17.5. The highest BCUT2D eigenvalue weighted by atomic mass is 16.8. The Balaban J connectivity index is 1.42. The summed E-state index contributed by atoms with van der Waals surface area (Å²) >= 11 is 0. The summed E-state index contributed by atoms with van der Waals surface area (Å²) in [5, 5.41) is 121. The second kappa shape index (κ2) is 54.0. The van der Waals surface area contributed by atoms with Crippen molar-refractivity contribution in [3.63, 3.8) is 0 Å². The van der Waals surface area contributed by atoms with Gasteiger partial charge in [0.05, 0.1) is 38.6 Å². The molecular formula is C73H127NO18. The Morgan fingerprint density at radius 2 is 0.750 bits per heavy atom. The van der Waals surface area contributed by atoms with Crippen LogP contribution >= 0.6 is 0 Å². The van der Waals surface area contributed by atoms with Crippen LogP contribution in [0.5, 0.6) is 0 Å². The summed E-state index contributed by atoms with van der Waals surface area (Å²) < 4.78 is 34.4. The number of allylic oxidation sites excluding steroid dienone is 14. The zero-order chi connectivity index (χ0) is 66.8. The molecule has 3 rings (SSSR count). The van der Waals surface area contributed by atoms with Crippen LogP contribution < -0.4 is 5.32 Å². The lowest BCUT2D eigenvalue weighted by molar-refractivity contribution is -0.379. The quantitative estimate of drug-likeness (QED) is 0.0199. The summed E-state index contributed by atoms with van der Waals surface area (Å²) in [4.78, 5) is 13.4. The Labute approximate surface area is 552 Å². The normalized spacial score (nSPS) is 28.2. The van der Waals surface area contributed by atoms with Crippen LogP contribution in [-0.2, 0) is 33.2 Å². The SMILES string of the molecule is CC/C=C\C/C=C\C/C=C\C/C=C\C/C=C\C/C=C\C/C=C\CCCCCCCCCC(=O)NC(COC1OC(CO)C(OC2OC(CO)C(OC3OC(CO)C(O)C(O)C3O)C(O)C2O)C(O)C1O)C(O)CCCCCCCCCCCCCCCCCCCC. The first-order valence-electron chi connectivity index (χ1n) is 35.8. The van der Waals surface area contributed by atoms with E-state index >= 15 is 0 Å². The molecule has 17 unspecified atom stereocenters. The topological polar surface area (TPSA) is 307 Å². The van der Waals surface area contributed by atoms with Crippen molar-refractivity contribution in [3.8, 4) is 0 Å². The van der Waals surface area contributed by atoms with E-state index in [1.54, 1.807) is 0 Å². The van der Waals surface area contributed by atoms with Crippen molar-refractivity contribution in [2.24, 2.45) is 0 Å². The van der Waals surface area contributed by atoms with Gasteiger partial charge in [-0.05, 0) is 70.6 Å². The van der Waals surface area contributed by atoms with Crippen molar-refractivity contribution in [1.29, 1.82) is 0 Å². The van der Waals surface area contributed by atoms with Crippen molar-refractivity contribution < 1.29 is 89.4 Å². The molecule has 0 saturated carbocycles. The summed E-state index contributed by atoms with van der Waals surface area (Å²) in [5.74, 6) is -0.256. The van der Waals surface area contributed by atoms with Gasteiger partial charge in [0.2, 0.25) is 5.91 Å². The van der Waals surface area contributed by atoms with E-state index in [2.05, 4.69) is 104 Å². The van der Waals surface area contributed by atoms with Crippen molar-refractivity contribution >= 4 is 5.91 Å². The molecule has 3 fully saturated rings. The number of nitrogens with one attached hydrogen (secondary N) is 1. The van der Waals surface area contributed by atoms with Crippen LogP contribution in [0.15, 0.2) is 85.1 Å². The molecule has 1 amide bonds. The van der Waals surface area contributed by atoms with E-state index in [0.29, 0.717) is 12.8 Å². The average molecular weight is 1310 g/mol. The maximum absolute atomic E-state index is 13.4. The van der Waals surface area contributed by atoms with Gasteiger partial charge in [-0.1, -0.05) is 247 Å². The highest BCUT2D eigenvalue weighted by Gasteiger charge is 2.53. The molecule has 92 heavy (non-hydrogen) atoms. The second-order valence-corrected chi connectivity index (χ2v) is 25.3. The van der Waals surface area contributed by atoms with E-state index in [1.807, 2.05) is 0 Å². The van der Waals surface area contributed by atoms with Gasteiger partial charge < -0.3 is 89.9 Å². The molecule has 19 nitrogen and oxygen atoms in total. The molecule has 0 aromatic heterocycles. The summed E-state index contributed by atoms with van der Waals surface area (Å²) in [6, 6.07) is -0.900. The molecule has 17 atom stereocenters. The van der Waals surface area contributed by atoms with Crippen LogP contribution in [0.1, 0.15) is 239 Å². The minimum Gasteiger partial charge on any atom is -0.394 e. The Bertz CT molecular complexity index is 2000. The number of hydrogen-bond donors (Lipinski definition) is 12. The van der Waals surface area contributed by atoms with Crippen LogP contribution in [0, 0.1) is 0 Å². The summed E-state index contributed by atoms with van der Waals surface area (Å²) in [5.41, 5.74) is 0. The van der Waals surface area contributed by atoms with Crippen LogP contribution in [0.2, 0.25) is 0 Å². The van der Waals surface area contributed by atoms with Crippen LogP contribution in [0.4, 0.5) is 0 Å². The fraction of sp³-hybridized carbons (Fsp3) is 0.795. The Morgan fingerprint density at radius 3 is 1.17 bits per heavy atom. The van der Waals surface area contributed by atoms with Crippen molar-refractivity contribution in [2.45, 2.75) is 343 Å². The van der Waals surface area contributed by atoms with Gasteiger partial charge >= 0.3 is 0 Å². The molecule has 0 aromatic carbocycles. The number of ether oxygens (including phenoxy) is 6. The van der Waals surface area contributed by atoms with Crippen molar-refractivity contribution in [2.75, 3.05) is 26.4 Å². The van der Waals surface area contributed by atoms with Crippen LogP contribution in [0.25, 0.3) is 0 Å². The first-order chi connectivity index (χ1) is 44.8. The van der Waals surface area contributed by atoms with Crippen LogP contribution in [0.3, 0.4) is 0 Å². The fourth-order valence-electron chi connectivity index (χ4n) is 11.7. The predicted molar refractivity (Wildman–Crippen MR) is 360 cm³/mol. The first-order valence-corrected chi connectivity index (χ1v) is 35.8. The molecule has 532 valence electrons. The van der Waals surface area contributed by atoms with E-state index in [1.165, 1.54) is 89.9 Å². The van der Waals surface area contributed by atoms with Gasteiger partial charge in [-0.3, -0.25) is 4.79 Å². The Morgan fingerprint density at radius 1 is 0.402 bits per heavy atom. The predicted octanol–water partition coefficient (Wildman–Crippen LogP) is 9.88. The largest absolute Gasteiger partial charge is 0.394 e. The number of amides is 1. The summed E-state index contributed by atoms with van der Waals surface area (Å²) in [7, 11) is 0. The zero-order valence-corrected chi connectivity index (χ0v) is 56.3. The molecule has 0 spiro atoms. The summed E-state index contributed by atoms with van der Waals surface area (Å²) in [6.45, 7) is 1.68. The third-order valence-electron chi connectivity index (χ3n) is 17.5. The van der Waals surface area contributed by atoms with Gasteiger partial charge in [-0.15, -0.1) is 0 Å². The standard InChI is InChI=1S/C73H127NO18/c1-3-5-7-9-11-13-15-17-19-21-23-24-25-26-27-28-29-30-31-32-33-35-37-39-41-43-45-47-49-51-61(79)74-56(57(78)50-48-46-44-42-40-38-36-34-22-20-18-16-14-12-10-8-6-4-2)55-87-71-67(85)64(82)69(59(53-76)89-71)92-73-68(86)65(83)70(60(54-77)90-73)91-72-66(84)63(81)62(80)58(52-75)88-72/h5,7,11,13,17,19,23-24,26-27,29-30,32-33,56-60,62-73,75-78,80-86H,3-4,6,8-10,12,14-16,18,20-22,25,28,31,34-55H2,1-2H3,(H,74,79)/b7-5-,13-11-,19-17-,24-23-,27-26-,30-29-,33-32-. The van der Waals surface area contributed by atoms with Gasteiger partial charge in [-0.2, -0.15) is 0 Å². The number of unbranched alkanes of at least 4 members (excludes halogenated alkanes) is 24. The molecule has 0 radical (unpaired) electrons. The molecule has 0 aromatic rings. The van der Waals surface area contributed by atoms with E-state index in [4.69, 9.17) is 28.4 Å². The third kappa shape index (κ3) is 35.3. The molecule has 19 heteroatoms. The maximum Gasteiger partial charge on any atom is 0.220 e. The molecule has 0 bridgehead atoms. The van der Waals surface area contributed by atoms with E-state index in [9.17, 15) is 61.0 Å². The first kappa shape index (κ1) is 83.2. The zero-order valence-electron chi connectivity index (χ0n) is 56.3. The van der Waals surface area contributed by atoms with E-state index < -0.39 is 124 Å². The van der Waals surface area contributed by atoms with Crippen LogP contribution in [-0.4, -0.2) is 193 Å².